The van der Waals surface area contributed by atoms with Crippen LogP contribution < -0.4 is 10.6 Å². The van der Waals surface area contributed by atoms with Crippen molar-refractivity contribution in [3.05, 3.63) is 81.6 Å². The highest BCUT2D eigenvalue weighted by atomic mass is 35.5. The number of hydrogen-bond acceptors (Lipinski definition) is 4. The lowest BCUT2D eigenvalue weighted by Crippen LogP contribution is -2.16. The zero-order valence-corrected chi connectivity index (χ0v) is 16.3. The molecule has 3 rings (SSSR count). The number of carbonyl (C=O) groups excluding carboxylic acids is 1. The van der Waals surface area contributed by atoms with Crippen LogP contribution in [0.15, 0.2) is 48.7 Å². The molecule has 2 aromatic carbocycles. The first kappa shape index (κ1) is 18.9. The molecule has 0 aliphatic rings. The molecular weight excluding hydrogens is 360 g/mol. The maximum absolute atomic E-state index is 12.6. The number of nitrogens with zero attached hydrogens (tertiary/aromatic N) is 2. The number of hydrogen-bond donors (Lipinski definition) is 2. The van der Waals surface area contributed by atoms with Crippen molar-refractivity contribution < 1.29 is 4.79 Å². The van der Waals surface area contributed by atoms with Gasteiger partial charge in [0.25, 0.3) is 5.91 Å². The fraction of sp³-hybridized carbons (Fsp3) is 0.190. The van der Waals surface area contributed by atoms with Gasteiger partial charge in [-0.2, -0.15) is 0 Å². The average Bonchev–Trinajstić information content (AvgIpc) is 2.64. The van der Waals surface area contributed by atoms with E-state index in [1.54, 1.807) is 12.3 Å². The number of benzene rings is 2. The minimum absolute atomic E-state index is 0.271. The van der Waals surface area contributed by atoms with Crippen LogP contribution in [0.4, 0.5) is 11.6 Å². The number of amides is 1. The Kier molecular flexibility index (Phi) is 5.72. The van der Waals surface area contributed by atoms with Crippen molar-refractivity contribution in [2.45, 2.75) is 27.3 Å². The standard InChI is InChI=1S/C21H21ClN4O/c1-13-4-6-16(7-5-13)12-24-21-23-9-8-18(25-21)20(27)26-19-15(3)10-14(2)11-17(19)22/h4-11H,12H2,1-3H3,(H,26,27)(H,23,24,25). The lowest BCUT2D eigenvalue weighted by atomic mass is 10.1. The third-order valence-electron chi connectivity index (χ3n) is 4.13. The van der Waals surface area contributed by atoms with Crippen molar-refractivity contribution in [2.75, 3.05) is 10.6 Å². The predicted octanol–water partition coefficient (Wildman–Crippen LogP) is 4.92. The summed E-state index contributed by atoms with van der Waals surface area (Å²) in [5.41, 5.74) is 5.13. The molecule has 0 atom stereocenters. The molecule has 0 spiro atoms. The molecule has 6 heteroatoms. The van der Waals surface area contributed by atoms with Gasteiger partial charge in [-0.1, -0.05) is 47.5 Å². The van der Waals surface area contributed by atoms with Crippen molar-refractivity contribution in [1.29, 1.82) is 0 Å². The van der Waals surface area contributed by atoms with Crippen LogP contribution in [0.2, 0.25) is 5.02 Å². The number of nitrogens with one attached hydrogen (secondary N) is 2. The van der Waals surface area contributed by atoms with Crippen LogP contribution in [0.5, 0.6) is 0 Å². The van der Waals surface area contributed by atoms with Crippen LogP contribution in [0, 0.1) is 20.8 Å². The molecule has 27 heavy (non-hydrogen) atoms. The molecule has 138 valence electrons. The Morgan fingerprint density at radius 2 is 1.78 bits per heavy atom. The minimum atomic E-state index is -0.329. The molecule has 1 heterocycles. The number of aryl methyl sites for hydroxylation is 3. The Morgan fingerprint density at radius 1 is 1.04 bits per heavy atom. The zero-order chi connectivity index (χ0) is 19.4. The van der Waals surface area contributed by atoms with Gasteiger partial charge in [0, 0.05) is 12.7 Å². The first-order valence-corrected chi connectivity index (χ1v) is 9.01. The molecular formula is C21H21ClN4O. The van der Waals surface area contributed by atoms with Crippen LogP contribution in [-0.2, 0) is 6.54 Å². The van der Waals surface area contributed by atoms with Crippen molar-refractivity contribution in [3.63, 3.8) is 0 Å². The van der Waals surface area contributed by atoms with E-state index in [4.69, 9.17) is 11.6 Å². The first-order chi connectivity index (χ1) is 12.9. The number of rotatable bonds is 5. The van der Waals surface area contributed by atoms with E-state index in [9.17, 15) is 4.79 Å². The Balaban J connectivity index is 1.71. The first-order valence-electron chi connectivity index (χ1n) is 8.63. The highest BCUT2D eigenvalue weighted by molar-refractivity contribution is 6.34. The zero-order valence-electron chi connectivity index (χ0n) is 15.5. The molecule has 5 nitrogen and oxygen atoms in total. The summed E-state index contributed by atoms with van der Waals surface area (Å²) in [5, 5.41) is 6.49. The number of anilines is 2. The summed E-state index contributed by atoms with van der Waals surface area (Å²) in [6.45, 7) is 6.49. The molecule has 0 fully saturated rings. The smallest absolute Gasteiger partial charge is 0.274 e. The lowest BCUT2D eigenvalue weighted by molar-refractivity contribution is 0.102. The van der Waals surface area contributed by atoms with Gasteiger partial charge in [-0.05, 0) is 49.6 Å². The normalized spacial score (nSPS) is 10.5. The molecule has 0 aliphatic carbocycles. The second-order valence-corrected chi connectivity index (χ2v) is 6.90. The van der Waals surface area contributed by atoms with Crippen molar-refractivity contribution in [3.8, 4) is 0 Å². The topological polar surface area (TPSA) is 66.9 Å². The van der Waals surface area contributed by atoms with E-state index in [0.717, 1.165) is 16.7 Å². The van der Waals surface area contributed by atoms with Gasteiger partial charge in [-0.3, -0.25) is 4.79 Å². The van der Waals surface area contributed by atoms with Gasteiger partial charge in [-0.15, -0.1) is 0 Å². The fourth-order valence-corrected chi connectivity index (χ4v) is 3.08. The van der Waals surface area contributed by atoms with Crippen molar-refractivity contribution in [1.82, 2.24) is 9.97 Å². The summed E-state index contributed by atoms with van der Waals surface area (Å²) in [4.78, 5) is 21.1. The van der Waals surface area contributed by atoms with Gasteiger partial charge in [0.05, 0.1) is 10.7 Å². The molecule has 0 unspecified atom stereocenters. The van der Waals surface area contributed by atoms with Gasteiger partial charge < -0.3 is 10.6 Å². The Bertz CT molecular complexity index is 947. The molecule has 0 saturated carbocycles. The predicted molar refractivity (Wildman–Crippen MR) is 109 cm³/mol. The summed E-state index contributed by atoms with van der Waals surface area (Å²) in [6.07, 6.45) is 1.56. The highest BCUT2D eigenvalue weighted by Crippen LogP contribution is 2.27. The maximum Gasteiger partial charge on any atom is 0.274 e. The van der Waals surface area contributed by atoms with E-state index in [1.807, 2.05) is 45.0 Å². The van der Waals surface area contributed by atoms with E-state index in [2.05, 4.69) is 32.7 Å². The van der Waals surface area contributed by atoms with Crippen LogP contribution >= 0.6 is 11.6 Å². The van der Waals surface area contributed by atoms with Crippen molar-refractivity contribution in [2.24, 2.45) is 0 Å². The molecule has 1 amide bonds. The van der Waals surface area contributed by atoms with Gasteiger partial charge in [0.2, 0.25) is 5.95 Å². The minimum Gasteiger partial charge on any atom is -0.350 e. The van der Waals surface area contributed by atoms with E-state index in [1.165, 1.54) is 5.56 Å². The second-order valence-electron chi connectivity index (χ2n) is 6.50. The summed E-state index contributed by atoms with van der Waals surface area (Å²) >= 11 is 6.27. The summed E-state index contributed by atoms with van der Waals surface area (Å²) in [7, 11) is 0. The van der Waals surface area contributed by atoms with Gasteiger partial charge in [0.1, 0.15) is 5.69 Å². The molecule has 3 aromatic rings. The molecule has 0 radical (unpaired) electrons. The third-order valence-corrected chi connectivity index (χ3v) is 4.43. The SMILES string of the molecule is Cc1ccc(CNc2nccc(C(=O)Nc3c(C)cc(C)cc3Cl)n2)cc1. The molecule has 1 aromatic heterocycles. The third kappa shape index (κ3) is 4.83. The van der Waals surface area contributed by atoms with E-state index in [0.29, 0.717) is 23.2 Å². The van der Waals surface area contributed by atoms with Gasteiger partial charge in [0.15, 0.2) is 0 Å². The summed E-state index contributed by atoms with van der Waals surface area (Å²) in [6, 6.07) is 13.5. The number of aromatic nitrogens is 2. The number of halogens is 1. The van der Waals surface area contributed by atoms with E-state index in [-0.39, 0.29) is 11.6 Å². The summed E-state index contributed by atoms with van der Waals surface area (Å²) < 4.78 is 0. The largest absolute Gasteiger partial charge is 0.350 e. The quantitative estimate of drug-likeness (QED) is 0.659. The monoisotopic (exact) mass is 380 g/mol. The van der Waals surface area contributed by atoms with Gasteiger partial charge in [-0.25, -0.2) is 9.97 Å². The highest BCUT2D eigenvalue weighted by Gasteiger charge is 2.13. The van der Waals surface area contributed by atoms with Crippen LogP contribution in [0.3, 0.4) is 0 Å². The fourth-order valence-electron chi connectivity index (χ4n) is 2.71. The molecule has 0 bridgehead atoms. The average molecular weight is 381 g/mol. The molecule has 2 N–H and O–H groups in total. The van der Waals surface area contributed by atoms with E-state index >= 15 is 0 Å². The van der Waals surface area contributed by atoms with Crippen LogP contribution in [0.1, 0.15) is 32.7 Å². The maximum atomic E-state index is 12.6. The van der Waals surface area contributed by atoms with Crippen molar-refractivity contribution >= 4 is 29.1 Å². The Morgan fingerprint density at radius 3 is 2.48 bits per heavy atom. The summed E-state index contributed by atoms with van der Waals surface area (Å²) in [5.74, 6) is 0.0691. The van der Waals surface area contributed by atoms with Crippen LogP contribution in [-0.4, -0.2) is 15.9 Å². The Labute approximate surface area is 163 Å². The number of carbonyl (C=O) groups is 1. The lowest BCUT2D eigenvalue weighted by Gasteiger charge is -2.12. The molecule has 0 aliphatic heterocycles. The van der Waals surface area contributed by atoms with Gasteiger partial charge >= 0.3 is 0 Å². The van der Waals surface area contributed by atoms with E-state index < -0.39 is 0 Å². The Hall–Kier alpha value is -2.92. The van der Waals surface area contributed by atoms with Crippen LogP contribution in [0.25, 0.3) is 0 Å². The molecule has 0 saturated heterocycles. The second kappa shape index (κ2) is 8.18.